The third-order valence-electron chi connectivity index (χ3n) is 2.79. The Balaban J connectivity index is 2.71. The molecule has 0 aliphatic carbocycles. The molecule has 0 radical (unpaired) electrons. The van der Waals surface area contributed by atoms with Gasteiger partial charge in [-0.2, -0.15) is 0 Å². The molecule has 5 nitrogen and oxygen atoms in total. The van der Waals surface area contributed by atoms with Crippen molar-refractivity contribution >= 4 is 15.9 Å². The SMILES string of the molecule is COc1ccc(CNC(CO)(CO)CO)cc1Br. The minimum absolute atomic E-state index is 0.336. The van der Waals surface area contributed by atoms with Crippen molar-refractivity contribution in [2.24, 2.45) is 0 Å². The molecule has 18 heavy (non-hydrogen) atoms. The topological polar surface area (TPSA) is 82.0 Å². The van der Waals surface area contributed by atoms with E-state index in [9.17, 15) is 15.3 Å². The van der Waals surface area contributed by atoms with Gasteiger partial charge in [0.05, 0.1) is 36.9 Å². The first-order chi connectivity index (χ1) is 8.60. The lowest BCUT2D eigenvalue weighted by Crippen LogP contribution is -2.54. The van der Waals surface area contributed by atoms with E-state index >= 15 is 0 Å². The molecule has 1 rings (SSSR count). The molecule has 0 aromatic heterocycles. The van der Waals surface area contributed by atoms with Crippen LogP contribution in [0.5, 0.6) is 5.75 Å². The summed E-state index contributed by atoms with van der Waals surface area (Å²) < 4.78 is 5.95. The van der Waals surface area contributed by atoms with E-state index in [4.69, 9.17) is 4.74 Å². The van der Waals surface area contributed by atoms with E-state index in [-0.39, 0.29) is 19.8 Å². The van der Waals surface area contributed by atoms with Crippen LogP contribution in [0, 0.1) is 0 Å². The van der Waals surface area contributed by atoms with Gasteiger partial charge in [-0.05, 0) is 33.6 Å². The lowest BCUT2D eigenvalue weighted by atomic mass is 10.0. The molecule has 102 valence electrons. The summed E-state index contributed by atoms with van der Waals surface area (Å²) in [5, 5.41) is 30.5. The summed E-state index contributed by atoms with van der Waals surface area (Å²) in [5.41, 5.74) is -0.116. The highest BCUT2D eigenvalue weighted by Crippen LogP contribution is 2.25. The molecule has 0 heterocycles. The zero-order valence-electron chi connectivity index (χ0n) is 10.2. The molecule has 0 aliphatic heterocycles. The van der Waals surface area contributed by atoms with Crippen molar-refractivity contribution in [1.82, 2.24) is 5.32 Å². The number of nitrogens with one attached hydrogen (secondary N) is 1. The monoisotopic (exact) mass is 319 g/mol. The molecule has 0 atom stereocenters. The predicted molar refractivity (Wildman–Crippen MR) is 71.5 cm³/mol. The van der Waals surface area contributed by atoms with Gasteiger partial charge in [0.1, 0.15) is 5.75 Å². The van der Waals surface area contributed by atoms with Gasteiger partial charge in [0.2, 0.25) is 0 Å². The van der Waals surface area contributed by atoms with E-state index in [2.05, 4.69) is 21.2 Å². The summed E-state index contributed by atoms with van der Waals surface area (Å²) in [6.45, 7) is -0.587. The van der Waals surface area contributed by atoms with E-state index in [1.54, 1.807) is 7.11 Å². The minimum atomic E-state index is -1.06. The number of halogens is 1. The fourth-order valence-electron chi connectivity index (χ4n) is 1.43. The molecule has 0 saturated carbocycles. The van der Waals surface area contributed by atoms with Crippen molar-refractivity contribution in [1.29, 1.82) is 0 Å². The Kier molecular flexibility index (Phi) is 6.04. The molecular formula is C12H18BrNO4. The van der Waals surface area contributed by atoms with E-state index < -0.39 is 5.54 Å². The average Bonchev–Trinajstić information content (AvgIpc) is 2.41. The molecular weight excluding hydrogens is 302 g/mol. The van der Waals surface area contributed by atoms with Crippen molar-refractivity contribution in [3.8, 4) is 5.75 Å². The van der Waals surface area contributed by atoms with Crippen LogP contribution in [0.3, 0.4) is 0 Å². The summed E-state index contributed by atoms with van der Waals surface area (Å²) in [6.07, 6.45) is 0. The fourth-order valence-corrected chi connectivity index (χ4v) is 2.02. The van der Waals surface area contributed by atoms with Gasteiger partial charge in [0, 0.05) is 6.54 Å². The molecule has 1 aromatic rings. The largest absolute Gasteiger partial charge is 0.496 e. The van der Waals surface area contributed by atoms with Crippen LogP contribution in [0.1, 0.15) is 5.56 Å². The molecule has 0 spiro atoms. The molecule has 0 saturated heterocycles. The number of rotatable bonds is 7. The van der Waals surface area contributed by atoms with Crippen LogP contribution in [-0.2, 0) is 6.54 Å². The van der Waals surface area contributed by atoms with Gasteiger partial charge in [-0.3, -0.25) is 0 Å². The predicted octanol–water partition coefficient (Wildman–Crippen LogP) is 0.263. The van der Waals surface area contributed by atoms with Gasteiger partial charge in [-0.15, -0.1) is 0 Å². The highest BCUT2D eigenvalue weighted by Gasteiger charge is 2.27. The van der Waals surface area contributed by atoms with Crippen LogP contribution in [-0.4, -0.2) is 47.8 Å². The van der Waals surface area contributed by atoms with Crippen LogP contribution in [0.2, 0.25) is 0 Å². The Hall–Kier alpha value is -0.660. The summed E-state index contributed by atoms with van der Waals surface area (Å²) in [5.74, 6) is 0.733. The normalized spacial score (nSPS) is 11.6. The summed E-state index contributed by atoms with van der Waals surface area (Å²) in [4.78, 5) is 0. The molecule has 6 heteroatoms. The van der Waals surface area contributed by atoms with Crippen molar-refractivity contribution in [2.45, 2.75) is 12.1 Å². The van der Waals surface area contributed by atoms with E-state index in [0.717, 1.165) is 15.8 Å². The summed E-state index contributed by atoms with van der Waals surface area (Å²) in [6, 6.07) is 5.57. The maximum Gasteiger partial charge on any atom is 0.133 e. The first-order valence-corrected chi connectivity index (χ1v) is 6.30. The van der Waals surface area contributed by atoms with Crippen molar-refractivity contribution in [3.05, 3.63) is 28.2 Å². The highest BCUT2D eigenvalue weighted by atomic mass is 79.9. The van der Waals surface area contributed by atoms with Crippen molar-refractivity contribution in [2.75, 3.05) is 26.9 Å². The molecule has 1 aromatic carbocycles. The number of hydrogen-bond acceptors (Lipinski definition) is 5. The number of aliphatic hydroxyl groups excluding tert-OH is 3. The fraction of sp³-hybridized carbons (Fsp3) is 0.500. The highest BCUT2D eigenvalue weighted by molar-refractivity contribution is 9.10. The number of ether oxygens (including phenoxy) is 1. The van der Waals surface area contributed by atoms with Gasteiger partial charge in [-0.1, -0.05) is 6.07 Å². The third kappa shape index (κ3) is 3.66. The quantitative estimate of drug-likeness (QED) is 0.580. The number of benzene rings is 1. The first kappa shape index (κ1) is 15.4. The van der Waals surface area contributed by atoms with Crippen LogP contribution in [0.4, 0.5) is 0 Å². The Morgan fingerprint density at radius 1 is 1.22 bits per heavy atom. The van der Waals surface area contributed by atoms with Crippen LogP contribution in [0.25, 0.3) is 0 Å². The van der Waals surface area contributed by atoms with Crippen LogP contribution >= 0.6 is 15.9 Å². The lowest BCUT2D eigenvalue weighted by molar-refractivity contribution is 0.0414. The molecule has 0 aliphatic rings. The van der Waals surface area contributed by atoms with Gasteiger partial charge < -0.3 is 25.4 Å². The van der Waals surface area contributed by atoms with Gasteiger partial charge in [0.25, 0.3) is 0 Å². The van der Waals surface area contributed by atoms with E-state index in [1.807, 2.05) is 18.2 Å². The zero-order valence-corrected chi connectivity index (χ0v) is 11.8. The molecule has 0 amide bonds. The molecule has 0 unspecified atom stereocenters. The third-order valence-corrected chi connectivity index (χ3v) is 3.41. The van der Waals surface area contributed by atoms with Crippen molar-refractivity contribution < 1.29 is 20.1 Å². The average molecular weight is 320 g/mol. The van der Waals surface area contributed by atoms with Gasteiger partial charge in [0.15, 0.2) is 0 Å². The Morgan fingerprint density at radius 2 is 1.83 bits per heavy atom. The van der Waals surface area contributed by atoms with Crippen molar-refractivity contribution in [3.63, 3.8) is 0 Å². The second-order valence-corrected chi connectivity index (χ2v) is 4.93. The van der Waals surface area contributed by atoms with Crippen LogP contribution in [0.15, 0.2) is 22.7 Å². The number of hydrogen-bond donors (Lipinski definition) is 4. The number of aliphatic hydroxyl groups is 3. The zero-order chi connectivity index (χ0) is 13.6. The minimum Gasteiger partial charge on any atom is -0.496 e. The maximum absolute atomic E-state index is 9.18. The lowest BCUT2D eigenvalue weighted by Gasteiger charge is -2.28. The standard InChI is InChI=1S/C12H18BrNO4/c1-18-11-3-2-9(4-10(11)13)5-14-12(6-15,7-16)8-17/h2-4,14-17H,5-8H2,1H3. The van der Waals surface area contributed by atoms with Gasteiger partial charge >= 0.3 is 0 Å². The summed E-state index contributed by atoms with van der Waals surface area (Å²) in [7, 11) is 1.59. The molecule has 4 N–H and O–H groups in total. The second-order valence-electron chi connectivity index (χ2n) is 4.08. The van der Waals surface area contributed by atoms with E-state index in [1.165, 1.54) is 0 Å². The molecule has 0 bridgehead atoms. The Morgan fingerprint density at radius 3 is 2.28 bits per heavy atom. The van der Waals surface area contributed by atoms with E-state index in [0.29, 0.717) is 6.54 Å². The van der Waals surface area contributed by atoms with Crippen LogP contribution < -0.4 is 10.1 Å². The van der Waals surface area contributed by atoms with Gasteiger partial charge in [-0.25, -0.2) is 0 Å². The maximum atomic E-state index is 9.18. The Labute approximate surface area is 115 Å². The first-order valence-electron chi connectivity index (χ1n) is 5.51. The smallest absolute Gasteiger partial charge is 0.133 e. The second kappa shape index (κ2) is 7.06. The Bertz CT molecular complexity index is 374. The molecule has 0 fully saturated rings. The summed E-state index contributed by atoms with van der Waals surface area (Å²) >= 11 is 3.38. The number of methoxy groups -OCH3 is 1.